The van der Waals surface area contributed by atoms with Crippen molar-refractivity contribution in [3.63, 3.8) is 0 Å². The summed E-state index contributed by atoms with van der Waals surface area (Å²) in [5, 5.41) is 4.59. The van der Waals surface area contributed by atoms with Crippen LogP contribution in [0.25, 0.3) is 100 Å². The third-order valence-electron chi connectivity index (χ3n) is 13.0. The summed E-state index contributed by atoms with van der Waals surface area (Å²) < 4.78 is 4.46. The normalized spacial score (nSPS) is 11.8. The lowest BCUT2D eigenvalue weighted by Crippen LogP contribution is -2.14. The molecule has 0 spiro atoms. The molecule has 0 radical (unpaired) electrons. The number of fused-ring (bicyclic) bond motifs is 6. The molecular weight excluding hydrogens is 891 g/mol. The van der Waals surface area contributed by atoms with Crippen LogP contribution in [0, 0.1) is 0 Å². The van der Waals surface area contributed by atoms with Gasteiger partial charge in [-0.3, -0.25) is 9.13 Å². The van der Waals surface area contributed by atoms with Crippen LogP contribution in [-0.2, 0) is 0 Å². The standard InChI is InChI=1S/C63H45N7.C3H6/c1-3-59(65-60(46-22-10-5-11-23-46)64-42(2)43-20-8-4-9-21-43)69-55-30-18-16-28-51(55)53-40-49(36-38-57(53)69)44-32-34-45(35-33-44)50-37-39-58-54(41-50)52-29-17-19-31-56(52)70(58)63-67-61(47-24-12-6-13-25-47)66-62(68-63)48-26-14-7-15-27-48;1-3-2/h4-41H,2-3H2,1H3;3H,1H2,2H3. The summed E-state index contributed by atoms with van der Waals surface area (Å²) in [6.45, 7) is 11.7. The first-order valence-corrected chi connectivity index (χ1v) is 24.6. The fraction of sp³-hybridized carbons (Fsp3) is 0.0455. The van der Waals surface area contributed by atoms with Crippen molar-refractivity contribution in [2.24, 2.45) is 9.98 Å². The highest BCUT2D eigenvalue weighted by Gasteiger charge is 2.20. The second-order valence-electron chi connectivity index (χ2n) is 17.7. The zero-order valence-corrected chi connectivity index (χ0v) is 40.8. The Morgan fingerprint density at radius 3 is 1.40 bits per heavy atom. The molecule has 0 aliphatic carbocycles. The predicted octanol–water partition coefficient (Wildman–Crippen LogP) is 16.7. The van der Waals surface area contributed by atoms with Crippen LogP contribution in [0.5, 0.6) is 0 Å². The largest absolute Gasteiger partial charge is 0.297 e. The lowest BCUT2D eigenvalue weighted by atomic mass is 9.98. The molecule has 0 unspecified atom stereocenters. The molecule has 0 aliphatic rings. The maximum absolute atomic E-state index is 5.33. The van der Waals surface area contributed by atoms with Gasteiger partial charge in [0.25, 0.3) is 0 Å². The molecule has 0 saturated heterocycles. The maximum atomic E-state index is 5.33. The molecule has 9 aromatic carbocycles. The van der Waals surface area contributed by atoms with Gasteiger partial charge in [0.2, 0.25) is 5.95 Å². The second kappa shape index (κ2) is 20.4. The molecule has 7 nitrogen and oxygen atoms in total. The van der Waals surface area contributed by atoms with Gasteiger partial charge in [0.1, 0.15) is 5.84 Å². The summed E-state index contributed by atoms with van der Waals surface area (Å²) in [6, 6.07) is 79.9. The lowest BCUT2D eigenvalue weighted by molar-refractivity contribution is 0.953. The summed E-state index contributed by atoms with van der Waals surface area (Å²) in [7, 11) is 0. The number of allylic oxidation sites excluding steroid dienone is 1. The number of benzene rings is 9. The van der Waals surface area contributed by atoms with Crippen LogP contribution in [0.15, 0.2) is 260 Å². The van der Waals surface area contributed by atoms with Crippen LogP contribution in [0.2, 0.25) is 0 Å². The first kappa shape index (κ1) is 45.8. The summed E-state index contributed by atoms with van der Waals surface area (Å²) >= 11 is 0. The smallest absolute Gasteiger partial charge is 0.238 e. The first-order chi connectivity index (χ1) is 36.0. The molecule has 3 heterocycles. The Hall–Kier alpha value is -9.59. The molecule has 0 aliphatic heterocycles. The average molecular weight is 942 g/mol. The van der Waals surface area contributed by atoms with E-state index in [9.17, 15) is 0 Å². The zero-order chi connectivity index (χ0) is 49.7. The van der Waals surface area contributed by atoms with Gasteiger partial charge in [0, 0.05) is 44.7 Å². The maximum Gasteiger partial charge on any atom is 0.238 e. The fourth-order valence-corrected chi connectivity index (χ4v) is 9.52. The van der Waals surface area contributed by atoms with E-state index in [4.69, 9.17) is 24.9 Å². The molecule has 7 heteroatoms. The molecule has 0 atom stereocenters. The Morgan fingerprint density at radius 1 is 0.438 bits per heavy atom. The number of hydrogen-bond acceptors (Lipinski definition) is 4. The van der Waals surface area contributed by atoms with Gasteiger partial charge >= 0.3 is 0 Å². The van der Waals surface area contributed by atoms with Gasteiger partial charge in [-0.1, -0.05) is 214 Å². The van der Waals surface area contributed by atoms with Crippen LogP contribution in [0.3, 0.4) is 0 Å². The van der Waals surface area contributed by atoms with Crippen molar-refractivity contribution < 1.29 is 0 Å². The van der Waals surface area contributed by atoms with Crippen LogP contribution in [-0.4, -0.2) is 35.8 Å². The number of hydrogen-bond donors (Lipinski definition) is 0. The minimum absolute atomic E-state index is 0.574. The molecule has 0 bridgehead atoms. The monoisotopic (exact) mass is 941 g/mol. The third kappa shape index (κ3) is 9.08. The van der Waals surface area contributed by atoms with Crippen LogP contribution >= 0.6 is 0 Å². The molecular formula is C66H51N7. The second-order valence-corrected chi connectivity index (χ2v) is 17.7. The third-order valence-corrected chi connectivity index (χ3v) is 13.0. The topological polar surface area (TPSA) is 73.2 Å². The summed E-state index contributed by atoms with van der Waals surface area (Å²) in [5.41, 5.74) is 13.2. The van der Waals surface area contributed by atoms with Crippen molar-refractivity contribution in [3.8, 4) is 51.0 Å². The zero-order valence-electron chi connectivity index (χ0n) is 40.8. The lowest BCUT2D eigenvalue weighted by Gasteiger charge is -2.12. The van der Waals surface area contributed by atoms with E-state index >= 15 is 0 Å². The first-order valence-electron chi connectivity index (χ1n) is 24.6. The molecule has 73 heavy (non-hydrogen) atoms. The highest BCUT2D eigenvalue weighted by atomic mass is 15.2. The number of aromatic nitrogens is 5. The highest BCUT2D eigenvalue weighted by molar-refractivity contribution is 6.18. The molecule has 12 aromatic rings. The molecule has 12 rings (SSSR count). The van der Waals surface area contributed by atoms with E-state index in [1.54, 1.807) is 6.08 Å². The molecule has 0 fully saturated rings. The van der Waals surface area contributed by atoms with Crippen molar-refractivity contribution in [3.05, 3.63) is 261 Å². The van der Waals surface area contributed by atoms with Gasteiger partial charge in [0.05, 0.1) is 27.8 Å². The Bertz CT molecular complexity index is 3960. The van der Waals surface area contributed by atoms with E-state index in [1.165, 1.54) is 5.39 Å². The minimum atomic E-state index is 0.574. The summed E-state index contributed by atoms with van der Waals surface area (Å²) in [4.78, 5) is 25.5. The van der Waals surface area contributed by atoms with Gasteiger partial charge in [-0.15, -0.1) is 6.58 Å². The van der Waals surface area contributed by atoms with Crippen LogP contribution in [0.4, 0.5) is 0 Å². The molecule has 0 amide bonds. The van der Waals surface area contributed by atoms with Crippen LogP contribution in [0.1, 0.15) is 31.4 Å². The molecule has 3 aromatic heterocycles. The van der Waals surface area contributed by atoms with Crippen molar-refractivity contribution in [1.29, 1.82) is 0 Å². The average Bonchev–Trinajstić information content (AvgIpc) is 3.97. The molecule has 0 saturated carbocycles. The number of nitrogens with zero attached hydrogens (tertiary/aromatic N) is 7. The minimum Gasteiger partial charge on any atom is -0.297 e. The van der Waals surface area contributed by atoms with Gasteiger partial charge in [-0.25, -0.2) is 15.0 Å². The van der Waals surface area contributed by atoms with E-state index in [0.717, 1.165) is 88.6 Å². The van der Waals surface area contributed by atoms with Crippen molar-refractivity contribution >= 4 is 61.0 Å². The van der Waals surface area contributed by atoms with Crippen molar-refractivity contribution in [2.75, 3.05) is 0 Å². The van der Waals surface area contributed by atoms with Crippen LogP contribution < -0.4 is 0 Å². The SMILES string of the molecule is C=C(N=C(N=C(CC)n1c2ccccc2c2cc(-c3ccc(-c4ccc5c(c4)c4ccccc4n5-c4nc(-c5ccccc5)nc(-c5ccccc5)n4)cc3)ccc21)c1ccccc1)c1ccccc1.C=CC. The number of amidine groups is 1. The molecule has 0 N–H and O–H groups in total. The van der Waals surface area contributed by atoms with Gasteiger partial charge in [-0.2, -0.15) is 9.97 Å². The Balaban J connectivity index is 0.00000187. The molecule has 350 valence electrons. The Morgan fingerprint density at radius 2 is 0.849 bits per heavy atom. The van der Waals surface area contributed by atoms with E-state index in [-0.39, 0.29) is 0 Å². The van der Waals surface area contributed by atoms with Gasteiger partial charge in [0.15, 0.2) is 17.5 Å². The number of para-hydroxylation sites is 2. The van der Waals surface area contributed by atoms with E-state index in [2.05, 4.69) is 151 Å². The Labute approximate surface area is 425 Å². The van der Waals surface area contributed by atoms with E-state index in [0.29, 0.717) is 35.6 Å². The van der Waals surface area contributed by atoms with Crippen molar-refractivity contribution in [1.82, 2.24) is 24.1 Å². The van der Waals surface area contributed by atoms with Gasteiger partial charge in [-0.05, 0) is 71.1 Å². The predicted molar refractivity (Wildman–Crippen MR) is 306 cm³/mol. The summed E-state index contributed by atoms with van der Waals surface area (Å²) in [5.74, 6) is 3.35. The quantitative estimate of drug-likeness (QED) is 0.0822. The Kier molecular flexibility index (Phi) is 12.8. The fourth-order valence-electron chi connectivity index (χ4n) is 9.52. The summed E-state index contributed by atoms with van der Waals surface area (Å²) in [6.07, 6.45) is 2.44. The van der Waals surface area contributed by atoms with E-state index < -0.39 is 0 Å². The number of aliphatic imine (C=N–C) groups is 2. The number of rotatable bonds is 9. The van der Waals surface area contributed by atoms with Gasteiger partial charge < -0.3 is 0 Å². The van der Waals surface area contributed by atoms with Crippen molar-refractivity contribution in [2.45, 2.75) is 20.3 Å². The highest BCUT2D eigenvalue weighted by Crippen LogP contribution is 2.37. The van der Waals surface area contributed by atoms with E-state index in [1.807, 2.05) is 116 Å².